The molecule has 1 N–H and O–H groups in total. The SMILES string of the molecule is Cc1cc(C)c(S(=O)(=O)N2CCC(C(=O)OCC(=O)Nc3cc(C)no3)CC2)c(C)c1. The smallest absolute Gasteiger partial charge is 0.309 e. The summed E-state index contributed by atoms with van der Waals surface area (Å²) >= 11 is 0. The molecule has 1 aliphatic rings. The van der Waals surface area contributed by atoms with E-state index in [0.29, 0.717) is 34.6 Å². The average molecular weight is 450 g/mol. The minimum absolute atomic E-state index is 0.179. The van der Waals surface area contributed by atoms with Crippen LogP contribution in [0.1, 0.15) is 35.2 Å². The lowest BCUT2D eigenvalue weighted by atomic mass is 9.98. The van der Waals surface area contributed by atoms with Crippen LogP contribution in [-0.2, 0) is 24.3 Å². The first-order valence-corrected chi connectivity index (χ1v) is 11.5. The van der Waals surface area contributed by atoms with E-state index in [-0.39, 0.29) is 19.0 Å². The van der Waals surface area contributed by atoms with Crippen LogP contribution in [0, 0.1) is 33.6 Å². The minimum atomic E-state index is -3.65. The Balaban J connectivity index is 1.54. The Bertz CT molecular complexity index is 1060. The molecular formula is C21H27N3O6S. The lowest BCUT2D eigenvalue weighted by molar-refractivity contribution is -0.152. The van der Waals surface area contributed by atoms with Gasteiger partial charge in [0, 0.05) is 19.2 Å². The number of hydrogen-bond acceptors (Lipinski definition) is 7. The molecule has 0 aliphatic carbocycles. The molecule has 0 atom stereocenters. The van der Waals surface area contributed by atoms with E-state index in [9.17, 15) is 18.0 Å². The van der Waals surface area contributed by atoms with Crippen molar-refractivity contribution >= 4 is 27.8 Å². The van der Waals surface area contributed by atoms with Crippen LogP contribution in [0.3, 0.4) is 0 Å². The van der Waals surface area contributed by atoms with E-state index >= 15 is 0 Å². The number of carbonyl (C=O) groups excluding carboxylic acids is 2. The fourth-order valence-electron chi connectivity index (χ4n) is 3.89. The highest BCUT2D eigenvalue weighted by molar-refractivity contribution is 7.89. The second-order valence-electron chi connectivity index (χ2n) is 7.89. The zero-order valence-corrected chi connectivity index (χ0v) is 18.9. The van der Waals surface area contributed by atoms with Gasteiger partial charge in [0.2, 0.25) is 15.9 Å². The summed E-state index contributed by atoms with van der Waals surface area (Å²) in [6, 6.07) is 5.26. The summed E-state index contributed by atoms with van der Waals surface area (Å²) in [5, 5.41) is 6.10. The molecule has 0 radical (unpaired) electrons. The van der Waals surface area contributed by atoms with Crippen molar-refractivity contribution in [1.82, 2.24) is 9.46 Å². The third kappa shape index (κ3) is 5.31. The number of carbonyl (C=O) groups is 2. The molecule has 1 saturated heterocycles. The van der Waals surface area contributed by atoms with Gasteiger partial charge in [0.15, 0.2) is 6.61 Å². The van der Waals surface area contributed by atoms with Crippen LogP contribution >= 0.6 is 0 Å². The number of anilines is 1. The first-order valence-electron chi connectivity index (χ1n) is 10.1. The van der Waals surface area contributed by atoms with Crippen molar-refractivity contribution in [2.24, 2.45) is 5.92 Å². The van der Waals surface area contributed by atoms with Gasteiger partial charge in [-0.05, 0) is 51.7 Å². The van der Waals surface area contributed by atoms with Crippen LogP contribution in [0.5, 0.6) is 0 Å². The van der Waals surface area contributed by atoms with Crippen molar-refractivity contribution in [3.63, 3.8) is 0 Å². The maximum absolute atomic E-state index is 13.1. The number of aryl methyl sites for hydroxylation is 4. The Kier molecular flexibility index (Phi) is 6.80. The van der Waals surface area contributed by atoms with E-state index in [1.54, 1.807) is 26.8 Å². The van der Waals surface area contributed by atoms with Gasteiger partial charge in [-0.25, -0.2) is 8.42 Å². The number of sulfonamides is 1. The molecule has 1 amide bonds. The molecule has 0 bridgehead atoms. The van der Waals surface area contributed by atoms with Gasteiger partial charge in [0.1, 0.15) is 0 Å². The number of piperidine rings is 1. The number of ether oxygens (including phenoxy) is 1. The molecule has 1 aromatic carbocycles. The number of benzene rings is 1. The third-order valence-corrected chi connectivity index (χ3v) is 7.43. The van der Waals surface area contributed by atoms with Crippen LogP contribution in [0.25, 0.3) is 0 Å². The number of esters is 1. The number of amides is 1. The molecule has 0 spiro atoms. The van der Waals surface area contributed by atoms with Crippen LogP contribution in [0.2, 0.25) is 0 Å². The van der Waals surface area contributed by atoms with Gasteiger partial charge in [-0.15, -0.1) is 0 Å². The van der Waals surface area contributed by atoms with Crippen molar-refractivity contribution in [3.05, 3.63) is 40.6 Å². The largest absolute Gasteiger partial charge is 0.455 e. The van der Waals surface area contributed by atoms with E-state index in [4.69, 9.17) is 9.26 Å². The van der Waals surface area contributed by atoms with E-state index in [2.05, 4.69) is 10.5 Å². The van der Waals surface area contributed by atoms with Crippen LogP contribution in [0.15, 0.2) is 27.6 Å². The zero-order chi connectivity index (χ0) is 22.8. The number of nitrogens with zero attached hydrogens (tertiary/aromatic N) is 2. The Morgan fingerprint density at radius 1 is 1.13 bits per heavy atom. The highest BCUT2D eigenvalue weighted by atomic mass is 32.2. The van der Waals surface area contributed by atoms with Crippen LogP contribution in [-0.4, -0.2) is 49.5 Å². The lowest BCUT2D eigenvalue weighted by Gasteiger charge is -2.31. The maximum atomic E-state index is 13.1. The van der Waals surface area contributed by atoms with Gasteiger partial charge in [-0.2, -0.15) is 4.31 Å². The summed E-state index contributed by atoms with van der Waals surface area (Å²) in [4.78, 5) is 24.5. The van der Waals surface area contributed by atoms with Gasteiger partial charge in [0.05, 0.1) is 16.5 Å². The number of nitrogens with one attached hydrogen (secondary N) is 1. The Hall–Kier alpha value is -2.72. The predicted molar refractivity (Wildman–Crippen MR) is 113 cm³/mol. The number of hydrogen-bond donors (Lipinski definition) is 1. The molecule has 1 aliphatic heterocycles. The summed E-state index contributed by atoms with van der Waals surface area (Å²) in [6.07, 6.45) is 0.676. The quantitative estimate of drug-likeness (QED) is 0.673. The Morgan fingerprint density at radius 3 is 2.29 bits per heavy atom. The summed E-state index contributed by atoms with van der Waals surface area (Å²) in [5.41, 5.74) is 3.06. The van der Waals surface area contributed by atoms with Gasteiger partial charge in [-0.3, -0.25) is 14.9 Å². The van der Waals surface area contributed by atoms with Gasteiger partial charge in [0.25, 0.3) is 5.91 Å². The van der Waals surface area contributed by atoms with Gasteiger partial charge in [-0.1, -0.05) is 22.9 Å². The summed E-state index contributed by atoms with van der Waals surface area (Å²) in [7, 11) is -3.65. The van der Waals surface area contributed by atoms with Crippen molar-refractivity contribution in [2.75, 3.05) is 25.0 Å². The molecule has 168 valence electrons. The van der Waals surface area contributed by atoms with E-state index in [1.165, 1.54) is 4.31 Å². The highest BCUT2D eigenvalue weighted by Gasteiger charge is 2.34. The van der Waals surface area contributed by atoms with Crippen molar-refractivity contribution in [3.8, 4) is 0 Å². The normalized spacial score (nSPS) is 15.6. The molecule has 1 fully saturated rings. The van der Waals surface area contributed by atoms with E-state index in [0.717, 1.165) is 5.56 Å². The fourth-order valence-corrected chi connectivity index (χ4v) is 5.77. The van der Waals surface area contributed by atoms with Crippen LogP contribution in [0.4, 0.5) is 5.88 Å². The molecule has 1 aromatic heterocycles. The molecule has 2 heterocycles. The van der Waals surface area contributed by atoms with Gasteiger partial charge < -0.3 is 9.26 Å². The standard InChI is InChI=1S/C21H27N3O6S/c1-13-9-14(2)20(15(3)10-13)31(27,28)24-7-5-17(6-8-24)21(26)29-12-18(25)22-19-11-16(4)23-30-19/h9-11,17H,5-8,12H2,1-4H3,(H,22,25). The van der Waals surface area contributed by atoms with Crippen LogP contribution < -0.4 is 5.32 Å². The molecular weight excluding hydrogens is 422 g/mol. The topological polar surface area (TPSA) is 119 Å². The summed E-state index contributed by atoms with van der Waals surface area (Å²) < 4.78 is 37.7. The number of rotatable bonds is 6. The van der Waals surface area contributed by atoms with Crippen molar-refractivity contribution < 1.29 is 27.3 Å². The minimum Gasteiger partial charge on any atom is -0.455 e. The second kappa shape index (κ2) is 9.19. The Morgan fingerprint density at radius 2 is 1.74 bits per heavy atom. The maximum Gasteiger partial charge on any atom is 0.309 e. The predicted octanol–water partition coefficient (Wildman–Crippen LogP) is 2.49. The third-order valence-electron chi connectivity index (χ3n) is 5.23. The molecule has 31 heavy (non-hydrogen) atoms. The molecule has 9 nitrogen and oxygen atoms in total. The highest BCUT2D eigenvalue weighted by Crippen LogP contribution is 2.29. The lowest BCUT2D eigenvalue weighted by Crippen LogP contribution is -2.41. The van der Waals surface area contributed by atoms with E-state index in [1.807, 2.05) is 19.1 Å². The molecule has 2 aromatic rings. The monoisotopic (exact) mass is 449 g/mol. The van der Waals surface area contributed by atoms with Crippen molar-refractivity contribution in [1.29, 1.82) is 0 Å². The second-order valence-corrected chi connectivity index (χ2v) is 9.77. The summed E-state index contributed by atoms with van der Waals surface area (Å²) in [6.45, 7) is 7.23. The number of aromatic nitrogens is 1. The first-order chi connectivity index (χ1) is 14.6. The zero-order valence-electron chi connectivity index (χ0n) is 18.1. The van der Waals surface area contributed by atoms with Crippen molar-refractivity contribution in [2.45, 2.75) is 45.4 Å². The fraction of sp³-hybridized carbons (Fsp3) is 0.476. The molecule has 10 heteroatoms. The Labute approximate surface area is 181 Å². The molecule has 0 saturated carbocycles. The molecule has 3 rings (SSSR count). The van der Waals surface area contributed by atoms with Gasteiger partial charge >= 0.3 is 5.97 Å². The van der Waals surface area contributed by atoms with E-state index < -0.39 is 34.4 Å². The molecule has 0 unspecified atom stereocenters. The summed E-state index contributed by atoms with van der Waals surface area (Å²) in [5.74, 6) is -1.32. The average Bonchev–Trinajstić information content (AvgIpc) is 3.09. The first kappa shape index (κ1) is 23.0.